The summed E-state index contributed by atoms with van der Waals surface area (Å²) >= 11 is 0. The van der Waals surface area contributed by atoms with E-state index in [-0.39, 0.29) is 18.5 Å². The monoisotopic (exact) mass is 366 g/mol. The fourth-order valence-electron chi connectivity index (χ4n) is 3.36. The fraction of sp³-hybridized carbons (Fsp3) is 0.333. The number of aryl methyl sites for hydroxylation is 1. The highest BCUT2D eigenvalue weighted by Crippen LogP contribution is 2.32. The quantitative estimate of drug-likeness (QED) is 0.778. The van der Waals surface area contributed by atoms with E-state index in [9.17, 15) is 9.59 Å². The Morgan fingerprint density at radius 1 is 0.889 bits per heavy atom. The van der Waals surface area contributed by atoms with Crippen LogP contribution < -0.4 is 9.47 Å². The van der Waals surface area contributed by atoms with Gasteiger partial charge in [-0.1, -0.05) is 29.8 Å². The third-order valence-electron chi connectivity index (χ3n) is 5.02. The van der Waals surface area contributed by atoms with Gasteiger partial charge in [0.2, 0.25) is 6.79 Å². The van der Waals surface area contributed by atoms with Gasteiger partial charge >= 0.3 is 0 Å². The summed E-state index contributed by atoms with van der Waals surface area (Å²) in [5.41, 5.74) is 2.48. The number of ether oxygens (including phenoxy) is 2. The van der Waals surface area contributed by atoms with Crippen LogP contribution in [0.4, 0.5) is 0 Å². The van der Waals surface area contributed by atoms with Crippen molar-refractivity contribution in [2.45, 2.75) is 6.92 Å². The van der Waals surface area contributed by atoms with E-state index in [1.54, 1.807) is 18.2 Å². The minimum absolute atomic E-state index is 0.0159. The molecule has 0 N–H and O–H groups in total. The summed E-state index contributed by atoms with van der Waals surface area (Å²) in [6.07, 6.45) is 0. The summed E-state index contributed by atoms with van der Waals surface area (Å²) in [6, 6.07) is 12.9. The summed E-state index contributed by atoms with van der Waals surface area (Å²) < 4.78 is 10.6. The van der Waals surface area contributed by atoms with Crippen molar-refractivity contribution >= 4 is 11.7 Å². The number of carbonyl (C=O) groups excluding carboxylic acids is 2. The number of rotatable bonds is 4. The molecule has 27 heavy (non-hydrogen) atoms. The molecule has 0 radical (unpaired) electrons. The second-order valence-corrected chi connectivity index (χ2v) is 6.93. The number of fused-ring (bicyclic) bond motifs is 1. The first kappa shape index (κ1) is 17.5. The minimum atomic E-state index is -0.0159. The van der Waals surface area contributed by atoms with Gasteiger partial charge in [0.1, 0.15) is 0 Å². The predicted molar refractivity (Wildman–Crippen MR) is 100 cm³/mol. The molecule has 0 spiro atoms. The summed E-state index contributed by atoms with van der Waals surface area (Å²) in [7, 11) is 0. The van der Waals surface area contributed by atoms with Crippen molar-refractivity contribution in [2.24, 2.45) is 0 Å². The van der Waals surface area contributed by atoms with Crippen LogP contribution in [-0.2, 0) is 0 Å². The first-order valence-electron chi connectivity index (χ1n) is 9.11. The summed E-state index contributed by atoms with van der Waals surface area (Å²) in [5, 5.41) is 0. The molecule has 0 aliphatic carbocycles. The number of piperazine rings is 1. The molecule has 4 rings (SSSR count). The van der Waals surface area contributed by atoms with E-state index in [1.165, 1.54) is 0 Å². The number of ketones is 1. The van der Waals surface area contributed by atoms with Crippen LogP contribution in [0.5, 0.6) is 11.5 Å². The third-order valence-corrected chi connectivity index (χ3v) is 5.02. The first-order chi connectivity index (χ1) is 13.1. The Labute approximate surface area is 158 Å². The molecule has 2 heterocycles. The van der Waals surface area contributed by atoms with E-state index in [0.717, 1.165) is 11.1 Å². The second-order valence-electron chi connectivity index (χ2n) is 6.93. The van der Waals surface area contributed by atoms with Crippen LogP contribution in [0.3, 0.4) is 0 Å². The molecule has 0 aromatic heterocycles. The number of benzene rings is 2. The lowest BCUT2D eigenvalue weighted by atomic mass is 10.1. The molecule has 2 aliphatic heterocycles. The van der Waals surface area contributed by atoms with Gasteiger partial charge in [-0.2, -0.15) is 0 Å². The number of nitrogens with zero attached hydrogens (tertiary/aromatic N) is 2. The van der Waals surface area contributed by atoms with Crippen LogP contribution in [0.2, 0.25) is 0 Å². The molecule has 140 valence electrons. The van der Waals surface area contributed by atoms with Crippen LogP contribution in [0.1, 0.15) is 26.3 Å². The minimum Gasteiger partial charge on any atom is -0.454 e. The number of hydrogen-bond acceptors (Lipinski definition) is 5. The van der Waals surface area contributed by atoms with E-state index >= 15 is 0 Å². The highest BCUT2D eigenvalue weighted by Gasteiger charge is 2.25. The Hall–Kier alpha value is -2.86. The molecule has 0 saturated carbocycles. The second kappa shape index (κ2) is 7.40. The molecule has 0 unspecified atom stereocenters. The Morgan fingerprint density at radius 3 is 2.30 bits per heavy atom. The maximum atomic E-state index is 12.7. The lowest BCUT2D eigenvalue weighted by molar-refractivity contribution is 0.0624. The van der Waals surface area contributed by atoms with Gasteiger partial charge in [-0.3, -0.25) is 14.5 Å². The smallest absolute Gasteiger partial charge is 0.254 e. The summed E-state index contributed by atoms with van der Waals surface area (Å²) in [5.74, 6) is 1.39. The van der Waals surface area contributed by atoms with E-state index in [1.807, 2.05) is 36.1 Å². The average molecular weight is 366 g/mol. The third kappa shape index (κ3) is 3.80. The van der Waals surface area contributed by atoms with Crippen molar-refractivity contribution < 1.29 is 19.1 Å². The zero-order chi connectivity index (χ0) is 18.8. The molecule has 6 heteroatoms. The molecular formula is C21H22N2O4. The standard InChI is InChI=1S/C21H22N2O4/c1-15-2-4-16(5-3-15)18(24)13-22-8-10-23(11-9-22)21(25)17-6-7-19-20(12-17)27-14-26-19/h2-7,12H,8-11,13-14H2,1H3. The SMILES string of the molecule is Cc1ccc(C(=O)CN2CCN(C(=O)c3ccc4c(c3)OCO4)CC2)cc1. The zero-order valence-corrected chi connectivity index (χ0v) is 15.3. The lowest BCUT2D eigenvalue weighted by Crippen LogP contribution is -2.49. The predicted octanol–water partition coefficient (Wildman–Crippen LogP) is 2.36. The van der Waals surface area contributed by atoms with Crippen molar-refractivity contribution in [2.75, 3.05) is 39.5 Å². The van der Waals surface area contributed by atoms with Crippen LogP contribution in [0.15, 0.2) is 42.5 Å². The average Bonchev–Trinajstić information content (AvgIpc) is 3.16. The fourth-order valence-corrected chi connectivity index (χ4v) is 3.36. The van der Waals surface area contributed by atoms with Gasteiger partial charge in [-0.25, -0.2) is 0 Å². The molecule has 2 aliphatic rings. The van der Waals surface area contributed by atoms with Gasteiger partial charge < -0.3 is 14.4 Å². The highest BCUT2D eigenvalue weighted by molar-refractivity contribution is 5.97. The van der Waals surface area contributed by atoms with E-state index in [0.29, 0.717) is 49.8 Å². The van der Waals surface area contributed by atoms with Crippen molar-refractivity contribution in [3.8, 4) is 11.5 Å². The molecular weight excluding hydrogens is 344 g/mol. The van der Waals surface area contributed by atoms with Crippen molar-refractivity contribution in [1.82, 2.24) is 9.80 Å². The van der Waals surface area contributed by atoms with Gasteiger partial charge in [0.05, 0.1) is 6.54 Å². The maximum Gasteiger partial charge on any atom is 0.254 e. The Kier molecular flexibility index (Phi) is 4.81. The lowest BCUT2D eigenvalue weighted by Gasteiger charge is -2.34. The van der Waals surface area contributed by atoms with Gasteiger partial charge in [0.15, 0.2) is 17.3 Å². The number of amides is 1. The molecule has 0 atom stereocenters. The topological polar surface area (TPSA) is 59.1 Å². The molecule has 2 aromatic rings. The Bertz CT molecular complexity index is 855. The highest BCUT2D eigenvalue weighted by atomic mass is 16.7. The van der Waals surface area contributed by atoms with Crippen molar-refractivity contribution in [3.05, 3.63) is 59.2 Å². The Balaban J connectivity index is 1.32. The molecule has 1 saturated heterocycles. The van der Waals surface area contributed by atoms with Crippen LogP contribution in [0.25, 0.3) is 0 Å². The van der Waals surface area contributed by atoms with Gasteiger partial charge in [0.25, 0.3) is 5.91 Å². The molecule has 1 fully saturated rings. The van der Waals surface area contributed by atoms with Crippen molar-refractivity contribution in [1.29, 1.82) is 0 Å². The summed E-state index contributed by atoms with van der Waals surface area (Å²) in [6.45, 7) is 5.17. The molecule has 6 nitrogen and oxygen atoms in total. The maximum absolute atomic E-state index is 12.7. The van der Waals surface area contributed by atoms with E-state index in [4.69, 9.17) is 9.47 Å². The molecule has 2 aromatic carbocycles. The number of carbonyl (C=O) groups is 2. The zero-order valence-electron chi connectivity index (χ0n) is 15.3. The normalized spacial score (nSPS) is 16.4. The van der Waals surface area contributed by atoms with E-state index < -0.39 is 0 Å². The first-order valence-corrected chi connectivity index (χ1v) is 9.11. The molecule has 0 bridgehead atoms. The van der Waals surface area contributed by atoms with Crippen LogP contribution >= 0.6 is 0 Å². The molecule has 1 amide bonds. The number of hydrogen-bond donors (Lipinski definition) is 0. The number of Topliss-reactive ketones (excluding diaryl/α,β-unsaturated/α-hetero) is 1. The van der Waals surface area contributed by atoms with Gasteiger partial charge in [-0.05, 0) is 25.1 Å². The largest absolute Gasteiger partial charge is 0.454 e. The van der Waals surface area contributed by atoms with Crippen LogP contribution in [0, 0.1) is 6.92 Å². The summed E-state index contributed by atoms with van der Waals surface area (Å²) in [4.78, 5) is 29.1. The van der Waals surface area contributed by atoms with Crippen molar-refractivity contribution in [3.63, 3.8) is 0 Å². The van der Waals surface area contributed by atoms with E-state index in [2.05, 4.69) is 4.90 Å². The van der Waals surface area contributed by atoms with Gasteiger partial charge in [0, 0.05) is 37.3 Å². The van der Waals surface area contributed by atoms with Gasteiger partial charge in [-0.15, -0.1) is 0 Å². The Morgan fingerprint density at radius 2 is 1.56 bits per heavy atom. The van der Waals surface area contributed by atoms with Crippen LogP contribution in [-0.4, -0.2) is 61.0 Å².